The fourth-order valence-electron chi connectivity index (χ4n) is 1.23. The molecule has 0 aliphatic carbocycles. The third-order valence-electron chi connectivity index (χ3n) is 1.84. The SMILES string of the molecule is CC(C)(C)OC(=O)CNc1cc(F)cc(F)c1F. The fraction of sp³-hybridized carbons (Fsp3) is 0.417. The monoisotopic (exact) mass is 261 g/mol. The first-order chi connectivity index (χ1) is 8.19. The molecular weight excluding hydrogens is 247 g/mol. The Bertz CT molecular complexity index is 455. The molecule has 0 radical (unpaired) electrons. The predicted octanol–water partition coefficient (Wildman–Crippen LogP) is 2.86. The lowest BCUT2D eigenvalue weighted by Gasteiger charge is -2.19. The molecule has 0 aromatic heterocycles. The van der Waals surface area contributed by atoms with E-state index < -0.39 is 34.7 Å². The Morgan fingerprint density at radius 3 is 2.44 bits per heavy atom. The zero-order valence-corrected chi connectivity index (χ0v) is 10.3. The van der Waals surface area contributed by atoms with Crippen molar-refractivity contribution in [3.05, 3.63) is 29.6 Å². The van der Waals surface area contributed by atoms with Crippen molar-refractivity contribution < 1.29 is 22.7 Å². The van der Waals surface area contributed by atoms with Crippen LogP contribution < -0.4 is 5.32 Å². The Morgan fingerprint density at radius 2 is 1.89 bits per heavy atom. The summed E-state index contributed by atoms with van der Waals surface area (Å²) < 4.78 is 43.9. The average Bonchev–Trinajstić information content (AvgIpc) is 2.18. The van der Waals surface area contributed by atoms with Gasteiger partial charge < -0.3 is 10.1 Å². The minimum atomic E-state index is -1.32. The highest BCUT2D eigenvalue weighted by Gasteiger charge is 2.17. The summed E-state index contributed by atoms with van der Waals surface area (Å²) in [5.74, 6) is -4.13. The van der Waals surface area contributed by atoms with Gasteiger partial charge in [-0.25, -0.2) is 13.2 Å². The van der Waals surface area contributed by atoms with Gasteiger partial charge >= 0.3 is 5.97 Å². The zero-order valence-electron chi connectivity index (χ0n) is 10.3. The summed E-state index contributed by atoms with van der Waals surface area (Å²) in [6, 6.07) is 1.19. The average molecular weight is 261 g/mol. The lowest BCUT2D eigenvalue weighted by atomic mass is 10.2. The van der Waals surface area contributed by atoms with Gasteiger partial charge in [0, 0.05) is 12.1 Å². The number of hydrogen-bond acceptors (Lipinski definition) is 3. The molecule has 1 aromatic rings. The molecule has 6 heteroatoms. The molecule has 0 aliphatic heterocycles. The molecule has 1 rings (SSSR count). The molecule has 0 aliphatic rings. The van der Waals surface area contributed by atoms with Crippen LogP contribution in [-0.4, -0.2) is 18.1 Å². The molecule has 0 heterocycles. The number of carbonyl (C=O) groups is 1. The summed E-state index contributed by atoms with van der Waals surface area (Å²) in [7, 11) is 0. The molecule has 100 valence electrons. The molecule has 1 aromatic carbocycles. The standard InChI is InChI=1S/C12H14F3NO2/c1-12(2,3)18-10(17)6-16-9-5-7(13)4-8(14)11(9)15/h4-5,16H,6H2,1-3H3. The normalized spacial score (nSPS) is 11.2. The van der Waals surface area contributed by atoms with Gasteiger partial charge in [0.15, 0.2) is 11.6 Å². The van der Waals surface area contributed by atoms with Crippen molar-refractivity contribution in [3.63, 3.8) is 0 Å². The Balaban J connectivity index is 2.67. The van der Waals surface area contributed by atoms with Crippen LogP contribution in [0.3, 0.4) is 0 Å². The maximum absolute atomic E-state index is 13.2. The van der Waals surface area contributed by atoms with Crippen LogP contribution in [-0.2, 0) is 9.53 Å². The zero-order chi connectivity index (χ0) is 13.9. The van der Waals surface area contributed by atoms with E-state index in [0.29, 0.717) is 6.07 Å². The van der Waals surface area contributed by atoms with E-state index in [1.165, 1.54) is 0 Å². The molecule has 0 spiro atoms. The number of carbonyl (C=O) groups excluding carboxylic acids is 1. The number of nitrogens with one attached hydrogen (secondary N) is 1. The van der Waals surface area contributed by atoms with E-state index in [9.17, 15) is 18.0 Å². The fourth-order valence-corrected chi connectivity index (χ4v) is 1.23. The number of hydrogen-bond donors (Lipinski definition) is 1. The number of anilines is 1. The van der Waals surface area contributed by atoms with E-state index in [4.69, 9.17) is 4.74 Å². The van der Waals surface area contributed by atoms with Gasteiger partial charge in [0.25, 0.3) is 0 Å². The molecule has 0 atom stereocenters. The van der Waals surface area contributed by atoms with Crippen molar-refractivity contribution in [1.82, 2.24) is 0 Å². The van der Waals surface area contributed by atoms with Gasteiger partial charge in [0.2, 0.25) is 0 Å². The Labute approximate surface area is 103 Å². The van der Waals surface area contributed by atoms with Crippen molar-refractivity contribution in [2.24, 2.45) is 0 Å². The lowest BCUT2D eigenvalue weighted by Crippen LogP contribution is -2.28. The minimum Gasteiger partial charge on any atom is -0.459 e. The van der Waals surface area contributed by atoms with Crippen molar-refractivity contribution in [2.75, 3.05) is 11.9 Å². The van der Waals surface area contributed by atoms with Crippen molar-refractivity contribution >= 4 is 11.7 Å². The topological polar surface area (TPSA) is 38.3 Å². The Morgan fingerprint density at radius 1 is 1.28 bits per heavy atom. The molecule has 3 nitrogen and oxygen atoms in total. The second-order valence-electron chi connectivity index (χ2n) is 4.69. The van der Waals surface area contributed by atoms with E-state index in [1.807, 2.05) is 0 Å². The molecule has 0 fully saturated rings. The van der Waals surface area contributed by atoms with Gasteiger partial charge in [-0.05, 0) is 20.8 Å². The van der Waals surface area contributed by atoms with Crippen LogP contribution >= 0.6 is 0 Å². The van der Waals surface area contributed by atoms with Crippen LogP contribution in [0, 0.1) is 17.5 Å². The highest BCUT2D eigenvalue weighted by Crippen LogP contribution is 2.19. The highest BCUT2D eigenvalue weighted by atomic mass is 19.2. The summed E-state index contributed by atoms with van der Waals surface area (Å²) >= 11 is 0. The number of rotatable bonds is 3. The summed E-state index contributed by atoms with van der Waals surface area (Å²) in [6.07, 6.45) is 0. The van der Waals surface area contributed by atoms with Gasteiger partial charge in [0.05, 0.1) is 5.69 Å². The molecule has 0 amide bonds. The number of halogens is 3. The third-order valence-corrected chi connectivity index (χ3v) is 1.84. The first-order valence-corrected chi connectivity index (χ1v) is 5.29. The van der Waals surface area contributed by atoms with Gasteiger partial charge in [-0.1, -0.05) is 0 Å². The van der Waals surface area contributed by atoms with E-state index in [1.54, 1.807) is 20.8 Å². The third kappa shape index (κ3) is 4.27. The van der Waals surface area contributed by atoms with Gasteiger partial charge in [0.1, 0.15) is 18.0 Å². The summed E-state index contributed by atoms with van der Waals surface area (Å²) in [4.78, 5) is 11.3. The largest absolute Gasteiger partial charge is 0.459 e. The van der Waals surface area contributed by atoms with Crippen LogP contribution in [0.2, 0.25) is 0 Å². The van der Waals surface area contributed by atoms with Crippen LogP contribution in [0.4, 0.5) is 18.9 Å². The van der Waals surface area contributed by atoms with E-state index in [2.05, 4.69) is 5.32 Å². The highest BCUT2D eigenvalue weighted by molar-refractivity contribution is 5.75. The number of ether oxygens (including phenoxy) is 1. The van der Waals surface area contributed by atoms with Crippen LogP contribution in [0.25, 0.3) is 0 Å². The van der Waals surface area contributed by atoms with Crippen molar-refractivity contribution in [3.8, 4) is 0 Å². The first-order valence-electron chi connectivity index (χ1n) is 5.29. The van der Waals surface area contributed by atoms with Crippen molar-refractivity contribution in [2.45, 2.75) is 26.4 Å². The molecule has 18 heavy (non-hydrogen) atoms. The molecule has 1 N–H and O–H groups in total. The van der Waals surface area contributed by atoms with Gasteiger partial charge in [-0.3, -0.25) is 4.79 Å². The number of benzene rings is 1. The number of esters is 1. The summed E-state index contributed by atoms with van der Waals surface area (Å²) in [5.41, 5.74) is -1.09. The molecular formula is C12H14F3NO2. The van der Waals surface area contributed by atoms with Crippen LogP contribution in [0.1, 0.15) is 20.8 Å². The second-order valence-corrected chi connectivity index (χ2v) is 4.69. The molecule has 0 unspecified atom stereocenters. The Hall–Kier alpha value is -1.72. The molecule has 0 saturated carbocycles. The smallest absolute Gasteiger partial charge is 0.325 e. The summed E-state index contributed by atoms with van der Waals surface area (Å²) in [5, 5.41) is 2.29. The van der Waals surface area contributed by atoms with Gasteiger partial charge in [-0.2, -0.15) is 0 Å². The van der Waals surface area contributed by atoms with E-state index in [-0.39, 0.29) is 6.54 Å². The van der Waals surface area contributed by atoms with E-state index >= 15 is 0 Å². The quantitative estimate of drug-likeness (QED) is 0.671. The molecule has 0 saturated heterocycles. The second kappa shape index (κ2) is 5.29. The minimum absolute atomic E-state index is 0.378. The molecule has 0 bridgehead atoms. The van der Waals surface area contributed by atoms with Crippen molar-refractivity contribution in [1.29, 1.82) is 0 Å². The predicted molar refractivity (Wildman–Crippen MR) is 60.7 cm³/mol. The van der Waals surface area contributed by atoms with Crippen LogP contribution in [0.5, 0.6) is 0 Å². The first kappa shape index (κ1) is 14.3. The maximum atomic E-state index is 13.2. The summed E-state index contributed by atoms with van der Waals surface area (Å²) in [6.45, 7) is 4.64. The Kier molecular flexibility index (Phi) is 4.21. The van der Waals surface area contributed by atoms with E-state index in [0.717, 1.165) is 6.07 Å². The lowest BCUT2D eigenvalue weighted by molar-refractivity contribution is -0.152. The van der Waals surface area contributed by atoms with Gasteiger partial charge in [-0.15, -0.1) is 0 Å². The maximum Gasteiger partial charge on any atom is 0.325 e. The van der Waals surface area contributed by atoms with Crippen LogP contribution in [0.15, 0.2) is 12.1 Å².